The Morgan fingerprint density at radius 2 is 1.71 bits per heavy atom. The third kappa shape index (κ3) is 5.20. The van der Waals surface area contributed by atoms with Crippen LogP contribution >= 0.6 is 0 Å². The highest BCUT2D eigenvalue weighted by atomic mass is 16.6. The van der Waals surface area contributed by atoms with E-state index in [9.17, 15) is 19.7 Å². The van der Waals surface area contributed by atoms with Gasteiger partial charge in [0.05, 0.1) is 4.92 Å². The fraction of sp³-hybridized carbons (Fsp3) is 0.391. The van der Waals surface area contributed by atoms with Gasteiger partial charge in [-0.1, -0.05) is 44.2 Å². The molecular weight excluding hydrogens is 396 g/mol. The van der Waals surface area contributed by atoms with Gasteiger partial charge in [0, 0.05) is 56.7 Å². The number of nitrogens with zero attached hydrogens (tertiary/aromatic N) is 3. The summed E-state index contributed by atoms with van der Waals surface area (Å²) in [7, 11) is 0. The fourth-order valence-electron chi connectivity index (χ4n) is 3.74. The van der Waals surface area contributed by atoms with Crippen molar-refractivity contribution in [2.45, 2.75) is 26.2 Å². The number of nitro groups is 1. The minimum absolute atomic E-state index is 0.000374. The number of piperazine rings is 1. The van der Waals surface area contributed by atoms with Gasteiger partial charge < -0.3 is 15.1 Å². The van der Waals surface area contributed by atoms with Crippen LogP contribution < -0.4 is 10.2 Å². The highest BCUT2D eigenvalue weighted by Crippen LogP contribution is 2.30. The number of hydrogen-bond acceptors (Lipinski definition) is 5. The van der Waals surface area contributed by atoms with E-state index in [0.29, 0.717) is 38.4 Å². The normalized spacial score (nSPS) is 14.3. The molecule has 164 valence electrons. The number of benzene rings is 2. The zero-order valence-electron chi connectivity index (χ0n) is 18.1. The second-order valence-corrected chi connectivity index (χ2v) is 8.39. The molecule has 0 unspecified atom stereocenters. The number of nitrogens with one attached hydrogen (secondary N) is 1. The lowest BCUT2D eigenvalue weighted by atomic mass is 9.84. The first kappa shape index (κ1) is 22.3. The van der Waals surface area contributed by atoms with Gasteiger partial charge in [-0.05, 0) is 17.7 Å². The lowest BCUT2D eigenvalue weighted by Gasteiger charge is -2.35. The first-order chi connectivity index (χ1) is 14.7. The molecule has 1 aliphatic heterocycles. The molecule has 1 heterocycles. The average molecular weight is 425 g/mol. The topological polar surface area (TPSA) is 95.8 Å². The summed E-state index contributed by atoms with van der Waals surface area (Å²) in [6.07, 6.45) is 0. The molecule has 0 atom stereocenters. The number of anilines is 1. The van der Waals surface area contributed by atoms with Gasteiger partial charge in [-0.15, -0.1) is 0 Å². The molecule has 2 aromatic rings. The maximum Gasteiger partial charge on any atom is 0.293 e. The molecule has 0 bridgehead atoms. The Bertz CT molecular complexity index is 967. The number of rotatable bonds is 6. The predicted octanol–water partition coefficient (Wildman–Crippen LogP) is 2.97. The zero-order chi connectivity index (χ0) is 22.6. The fourth-order valence-corrected chi connectivity index (χ4v) is 3.74. The minimum atomic E-state index is -0.461. The van der Waals surface area contributed by atoms with Crippen molar-refractivity contribution in [1.29, 1.82) is 0 Å². The van der Waals surface area contributed by atoms with Gasteiger partial charge in [-0.2, -0.15) is 0 Å². The summed E-state index contributed by atoms with van der Waals surface area (Å²) in [6, 6.07) is 14.4. The van der Waals surface area contributed by atoms with Gasteiger partial charge in [0.25, 0.3) is 11.6 Å². The molecular formula is C23H28N4O4. The number of hydrogen-bond donors (Lipinski definition) is 1. The number of carbonyl (C=O) groups excluding carboxylic acids is 2. The molecule has 0 aliphatic carbocycles. The van der Waals surface area contributed by atoms with Gasteiger partial charge >= 0.3 is 0 Å². The second-order valence-electron chi connectivity index (χ2n) is 8.39. The minimum Gasteiger partial charge on any atom is -0.362 e. The summed E-state index contributed by atoms with van der Waals surface area (Å²) in [6.45, 7) is 8.05. The Labute approximate surface area is 182 Å². The van der Waals surface area contributed by atoms with Crippen LogP contribution in [0.15, 0.2) is 48.5 Å². The van der Waals surface area contributed by atoms with Gasteiger partial charge in [0.15, 0.2) is 0 Å². The maximum atomic E-state index is 12.7. The smallest absolute Gasteiger partial charge is 0.293 e. The third-order valence-electron chi connectivity index (χ3n) is 5.75. The molecule has 1 N–H and O–H groups in total. The van der Waals surface area contributed by atoms with Crippen LogP contribution in [-0.4, -0.2) is 54.4 Å². The van der Waals surface area contributed by atoms with Crippen molar-refractivity contribution < 1.29 is 14.5 Å². The van der Waals surface area contributed by atoms with Crippen LogP contribution in [0.1, 0.15) is 36.7 Å². The molecule has 1 aliphatic rings. The molecule has 3 rings (SSSR count). The summed E-state index contributed by atoms with van der Waals surface area (Å²) in [5.41, 5.74) is 1.43. The largest absolute Gasteiger partial charge is 0.362 e. The summed E-state index contributed by atoms with van der Waals surface area (Å²) >= 11 is 0. The molecule has 0 spiro atoms. The molecule has 1 fully saturated rings. The molecule has 0 aromatic heterocycles. The Balaban J connectivity index is 1.72. The standard InChI is InChI=1S/C23H28N4O4/c1-17(28)25-11-13-26(14-12-25)20-10-9-18(15-21(20)27(30)31)22(29)24-16-23(2,3)19-7-5-4-6-8-19/h4-10,15H,11-14,16H2,1-3H3,(H,24,29). The van der Waals surface area contributed by atoms with Crippen molar-refractivity contribution >= 4 is 23.2 Å². The zero-order valence-corrected chi connectivity index (χ0v) is 18.1. The molecule has 1 saturated heterocycles. The van der Waals surface area contributed by atoms with E-state index in [2.05, 4.69) is 5.32 Å². The van der Waals surface area contributed by atoms with E-state index in [1.807, 2.05) is 49.1 Å². The number of carbonyl (C=O) groups is 2. The molecule has 8 heteroatoms. The van der Waals surface area contributed by atoms with Crippen molar-refractivity contribution in [3.8, 4) is 0 Å². The average Bonchev–Trinajstić information content (AvgIpc) is 2.77. The van der Waals surface area contributed by atoms with E-state index < -0.39 is 4.92 Å². The summed E-state index contributed by atoms with van der Waals surface area (Å²) in [4.78, 5) is 39.1. The summed E-state index contributed by atoms with van der Waals surface area (Å²) in [5, 5.41) is 14.6. The SMILES string of the molecule is CC(=O)N1CCN(c2ccc(C(=O)NCC(C)(C)c3ccccc3)cc2[N+](=O)[O-])CC1. The van der Waals surface area contributed by atoms with Gasteiger partial charge in [-0.25, -0.2) is 0 Å². The summed E-state index contributed by atoms with van der Waals surface area (Å²) < 4.78 is 0. The van der Waals surface area contributed by atoms with E-state index in [1.54, 1.807) is 17.0 Å². The summed E-state index contributed by atoms with van der Waals surface area (Å²) in [5.74, 6) is -0.348. The van der Waals surface area contributed by atoms with E-state index >= 15 is 0 Å². The van der Waals surface area contributed by atoms with Crippen LogP contribution in [0.25, 0.3) is 0 Å². The number of amides is 2. The quantitative estimate of drug-likeness (QED) is 0.568. The van der Waals surface area contributed by atoms with Crippen LogP contribution in [0, 0.1) is 10.1 Å². The van der Waals surface area contributed by atoms with Crippen molar-refractivity contribution in [3.05, 3.63) is 69.8 Å². The highest BCUT2D eigenvalue weighted by Gasteiger charge is 2.27. The lowest BCUT2D eigenvalue weighted by Crippen LogP contribution is -2.48. The molecule has 31 heavy (non-hydrogen) atoms. The van der Waals surface area contributed by atoms with E-state index in [1.165, 1.54) is 13.0 Å². The van der Waals surface area contributed by atoms with E-state index in [0.717, 1.165) is 5.56 Å². The molecule has 0 radical (unpaired) electrons. The molecule has 0 saturated carbocycles. The van der Waals surface area contributed by atoms with Crippen LogP contribution in [0.4, 0.5) is 11.4 Å². The maximum absolute atomic E-state index is 12.7. The van der Waals surface area contributed by atoms with Gasteiger partial charge in [0.2, 0.25) is 5.91 Å². The molecule has 2 aromatic carbocycles. The second kappa shape index (κ2) is 9.16. The molecule has 8 nitrogen and oxygen atoms in total. The van der Waals surface area contributed by atoms with Crippen LogP contribution in [0.5, 0.6) is 0 Å². The van der Waals surface area contributed by atoms with Crippen LogP contribution in [0.3, 0.4) is 0 Å². The third-order valence-corrected chi connectivity index (χ3v) is 5.75. The Hall–Kier alpha value is -3.42. The van der Waals surface area contributed by atoms with Crippen molar-refractivity contribution in [1.82, 2.24) is 10.2 Å². The van der Waals surface area contributed by atoms with Crippen LogP contribution in [0.2, 0.25) is 0 Å². The van der Waals surface area contributed by atoms with Gasteiger partial charge in [-0.3, -0.25) is 19.7 Å². The first-order valence-corrected chi connectivity index (χ1v) is 10.3. The monoisotopic (exact) mass is 424 g/mol. The first-order valence-electron chi connectivity index (χ1n) is 10.3. The van der Waals surface area contributed by atoms with Crippen LogP contribution in [-0.2, 0) is 10.2 Å². The Morgan fingerprint density at radius 1 is 1.06 bits per heavy atom. The lowest BCUT2D eigenvalue weighted by molar-refractivity contribution is -0.384. The number of nitro benzene ring substituents is 1. The van der Waals surface area contributed by atoms with Crippen molar-refractivity contribution in [3.63, 3.8) is 0 Å². The van der Waals surface area contributed by atoms with Gasteiger partial charge in [0.1, 0.15) is 5.69 Å². The predicted molar refractivity (Wildman–Crippen MR) is 119 cm³/mol. The Kier molecular flexibility index (Phi) is 6.58. The Morgan fingerprint density at radius 3 is 2.29 bits per heavy atom. The van der Waals surface area contributed by atoms with E-state index in [-0.39, 0.29) is 28.5 Å². The van der Waals surface area contributed by atoms with Crippen molar-refractivity contribution in [2.24, 2.45) is 0 Å². The molecule has 2 amide bonds. The van der Waals surface area contributed by atoms with Crippen molar-refractivity contribution in [2.75, 3.05) is 37.6 Å². The van der Waals surface area contributed by atoms with E-state index in [4.69, 9.17) is 0 Å². The highest BCUT2D eigenvalue weighted by molar-refractivity contribution is 5.95.